The molecule has 0 radical (unpaired) electrons. The second-order valence-corrected chi connectivity index (χ2v) is 4.00. The van der Waals surface area contributed by atoms with Crippen molar-refractivity contribution in [3.8, 4) is 5.82 Å². The Balaban J connectivity index is 2.31. The van der Waals surface area contributed by atoms with E-state index in [0.29, 0.717) is 28.6 Å². The second kappa shape index (κ2) is 4.45. The van der Waals surface area contributed by atoms with Crippen LogP contribution in [0.3, 0.4) is 0 Å². The smallest absolute Gasteiger partial charge is 0.266 e. The topological polar surface area (TPSA) is 64.8 Å². The number of hydrogen-bond acceptors (Lipinski definition) is 4. The average Bonchev–Trinajstić information content (AvgIpc) is 2.48. The molecule has 0 atom stereocenters. The number of pyridine rings is 1. The zero-order valence-electron chi connectivity index (χ0n) is 9.85. The summed E-state index contributed by atoms with van der Waals surface area (Å²) in [6, 6.07) is 10.1. The van der Waals surface area contributed by atoms with Gasteiger partial charge in [-0.25, -0.2) is 9.97 Å². The van der Waals surface area contributed by atoms with Crippen LogP contribution in [0.25, 0.3) is 16.7 Å². The lowest BCUT2D eigenvalue weighted by Crippen LogP contribution is -2.19. The first-order valence-electron chi connectivity index (χ1n) is 5.67. The van der Waals surface area contributed by atoms with Crippen LogP contribution in [0.15, 0.2) is 53.7 Å². The summed E-state index contributed by atoms with van der Waals surface area (Å²) in [4.78, 5) is 31.5. The number of aldehydes is 1. The monoisotopic (exact) mass is 251 g/mol. The van der Waals surface area contributed by atoms with Crippen LogP contribution < -0.4 is 5.56 Å². The van der Waals surface area contributed by atoms with Crippen molar-refractivity contribution < 1.29 is 4.79 Å². The molecule has 2 aromatic heterocycles. The Morgan fingerprint density at radius 2 is 2.00 bits per heavy atom. The van der Waals surface area contributed by atoms with Crippen molar-refractivity contribution in [1.82, 2.24) is 14.5 Å². The quantitative estimate of drug-likeness (QED) is 0.649. The molecule has 0 unspecified atom stereocenters. The maximum absolute atomic E-state index is 12.4. The molecule has 0 aliphatic carbocycles. The molecule has 5 nitrogen and oxygen atoms in total. The maximum atomic E-state index is 12.4. The van der Waals surface area contributed by atoms with Crippen LogP contribution in [0, 0.1) is 0 Å². The number of carbonyl (C=O) groups excluding carboxylic acids is 1. The molecule has 0 amide bonds. The van der Waals surface area contributed by atoms with Gasteiger partial charge in [-0.2, -0.15) is 0 Å². The summed E-state index contributed by atoms with van der Waals surface area (Å²) in [6.45, 7) is 0. The summed E-state index contributed by atoms with van der Waals surface area (Å²) in [5.41, 5.74) is 0.764. The van der Waals surface area contributed by atoms with Crippen LogP contribution in [-0.2, 0) is 0 Å². The van der Waals surface area contributed by atoms with Crippen LogP contribution in [-0.4, -0.2) is 20.8 Å². The Kier molecular flexibility index (Phi) is 2.64. The van der Waals surface area contributed by atoms with Crippen LogP contribution in [0.4, 0.5) is 0 Å². The van der Waals surface area contributed by atoms with Gasteiger partial charge in [0.25, 0.3) is 5.56 Å². The number of aromatic nitrogens is 3. The molecular weight excluding hydrogens is 242 g/mol. The van der Waals surface area contributed by atoms with Crippen LogP contribution in [0.1, 0.15) is 10.4 Å². The minimum absolute atomic E-state index is 0.243. The summed E-state index contributed by atoms with van der Waals surface area (Å²) in [5, 5.41) is 0.401. The number of nitrogens with zero attached hydrogens (tertiary/aromatic N) is 3. The molecule has 0 spiro atoms. The van der Waals surface area contributed by atoms with E-state index in [9.17, 15) is 9.59 Å². The zero-order chi connectivity index (χ0) is 13.2. The first-order valence-corrected chi connectivity index (χ1v) is 5.67. The summed E-state index contributed by atoms with van der Waals surface area (Å²) >= 11 is 0. The third-order valence-corrected chi connectivity index (χ3v) is 2.81. The molecule has 3 aromatic rings. The standard InChI is InChI=1S/C14H9N3O2/c18-8-10-4-5-12-11(7-10)14(19)17(9-16-12)13-3-1-2-6-15-13/h1-9H. The predicted molar refractivity (Wildman–Crippen MR) is 70.5 cm³/mol. The van der Waals surface area contributed by atoms with Crippen molar-refractivity contribution in [2.75, 3.05) is 0 Å². The average molecular weight is 251 g/mol. The van der Waals surface area contributed by atoms with E-state index in [1.807, 2.05) is 0 Å². The number of carbonyl (C=O) groups is 1. The van der Waals surface area contributed by atoms with E-state index in [0.717, 1.165) is 0 Å². The number of hydrogen-bond donors (Lipinski definition) is 0. The SMILES string of the molecule is O=Cc1ccc2ncn(-c3ccccn3)c(=O)c2c1. The molecule has 2 heterocycles. The molecule has 92 valence electrons. The molecule has 3 rings (SSSR count). The lowest BCUT2D eigenvalue weighted by Gasteiger charge is -2.05. The van der Waals surface area contributed by atoms with E-state index >= 15 is 0 Å². The highest BCUT2D eigenvalue weighted by molar-refractivity contribution is 5.86. The van der Waals surface area contributed by atoms with Gasteiger partial charge in [-0.15, -0.1) is 0 Å². The van der Waals surface area contributed by atoms with Crippen molar-refractivity contribution >= 4 is 17.2 Å². The fraction of sp³-hybridized carbons (Fsp3) is 0. The van der Waals surface area contributed by atoms with Gasteiger partial charge in [0.15, 0.2) is 0 Å². The molecule has 0 fully saturated rings. The van der Waals surface area contributed by atoms with E-state index in [1.165, 1.54) is 17.0 Å². The van der Waals surface area contributed by atoms with Crippen molar-refractivity contribution in [1.29, 1.82) is 0 Å². The fourth-order valence-corrected chi connectivity index (χ4v) is 1.87. The highest BCUT2D eigenvalue weighted by Gasteiger charge is 2.06. The zero-order valence-corrected chi connectivity index (χ0v) is 9.85. The number of fused-ring (bicyclic) bond motifs is 1. The van der Waals surface area contributed by atoms with Gasteiger partial charge in [0.05, 0.1) is 10.9 Å². The van der Waals surface area contributed by atoms with Gasteiger partial charge in [-0.3, -0.25) is 14.2 Å². The van der Waals surface area contributed by atoms with E-state index in [2.05, 4.69) is 9.97 Å². The number of benzene rings is 1. The van der Waals surface area contributed by atoms with Crippen molar-refractivity contribution in [2.24, 2.45) is 0 Å². The molecule has 0 saturated heterocycles. The summed E-state index contributed by atoms with van der Waals surface area (Å²) in [6.07, 6.45) is 3.75. The third-order valence-electron chi connectivity index (χ3n) is 2.81. The fourth-order valence-electron chi connectivity index (χ4n) is 1.87. The Labute approximate surface area is 108 Å². The Hall–Kier alpha value is -2.82. The summed E-state index contributed by atoms with van der Waals surface area (Å²) in [7, 11) is 0. The molecule has 0 aliphatic heterocycles. The highest BCUT2D eigenvalue weighted by Crippen LogP contribution is 2.10. The molecular formula is C14H9N3O2. The minimum Gasteiger partial charge on any atom is -0.298 e. The Morgan fingerprint density at radius 3 is 2.74 bits per heavy atom. The van der Waals surface area contributed by atoms with Gasteiger partial charge in [0.1, 0.15) is 18.4 Å². The molecule has 0 saturated carbocycles. The number of rotatable bonds is 2. The maximum Gasteiger partial charge on any atom is 0.266 e. The van der Waals surface area contributed by atoms with Gasteiger partial charge in [-0.1, -0.05) is 6.07 Å². The molecule has 1 aromatic carbocycles. The van der Waals surface area contributed by atoms with E-state index in [1.54, 1.807) is 36.5 Å². The lowest BCUT2D eigenvalue weighted by molar-refractivity contribution is 0.112. The Morgan fingerprint density at radius 1 is 1.11 bits per heavy atom. The van der Waals surface area contributed by atoms with E-state index < -0.39 is 0 Å². The largest absolute Gasteiger partial charge is 0.298 e. The summed E-state index contributed by atoms with van der Waals surface area (Å²) < 4.78 is 1.36. The molecule has 0 N–H and O–H groups in total. The van der Waals surface area contributed by atoms with Gasteiger partial charge >= 0.3 is 0 Å². The lowest BCUT2D eigenvalue weighted by atomic mass is 10.1. The van der Waals surface area contributed by atoms with Crippen molar-refractivity contribution in [3.05, 3.63) is 64.8 Å². The van der Waals surface area contributed by atoms with Crippen LogP contribution >= 0.6 is 0 Å². The second-order valence-electron chi connectivity index (χ2n) is 4.00. The van der Waals surface area contributed by atoms with Crippen molar-refractivity contribution in [2.45, 2.75) is 0 Å². The van der Waals surface area contributed by atoms with Crippen molar-refractivity contribution in [3.63, 3.8) is 0 Å². The highest BCUT2D eigenvalue weighted by atomic mass is 16.1. The third kappa shape index (κ3) is 1.91. The predicted octanol–water partition coefficient (Wildman–Crippen LogP) is 1.59. The first kappa shape index (κ1) is 11.3. The minimum atomic E-state index is -0.243. The molecule has 0 bridgehead atoms. The normalized spacial score (nSPS) is 10.5. The van der Waals surface area contributed by atoms with Gasteiger partial charge in [0, 0.05) is 11.8 Å². The van der Waals surface area contributed by atoms with Gasteiger partial charge in [0.2, 0.25) is 0 Å². The van der Waals surface area contributed by atoms with E-state index in [-0.39, 0.29) is 5.56 Å². The van der Waals surface area contributed by atoms with Crippen LogP contribution in [0.2, 0.25) is 0 Å². The molecule has 0 aliphatic rings. The molecule has 19 heavy (non-hydrogen) atoms. The van der Waals surface area contributed by atoms with Gasteiger partial charge < -0.3 is 0 Å². The van der Waals surface area contributed by atoms with E-state index in [4.69, 9.17) is 0 Å². The molecule has 5 heteroatoms. The first-order chi connectivity index (χ1) is 9.29. The summed E-state index contributed by atoms with van der Waals surface area (Å²) in [5.74, 6) is 0.499. The van der Waals surface area contributed by atoms with Crippen LogP contribution in [0.5, 0.6) is 0 Å². The van der Waals surface area contributed by atoms with Gasteiger partial charge in [-0.05, 0) is 30.3 Å². The Bertz CT molecular complexity index is 810.